The average Bonchev–Trinajstić information content (AvgIpc) is 2.03. The first-order chi connectivity index (χ1) is 5.26. The minimum Gasteiger partial charge on any atom is -0.305 e. The van der Waals surface area contributed by atoms with Crippen molar-refractivity contribution in [2.45, 2.75) is 6.04 Å². The van der Waals surface area contributed by atoms with Gasteiger partial charge in [0.15, 0.2) is 6.04 Å². The highest BCUT2D eigenvalue weighted by molar-refractivity contribution is 5.82. The minimum absolute atomic E-state index is 0.481. The van der Waals surface area contributed by atoms with Gasteiger partial charge < -0.3 is 5.84 Å². The lowest BCUT2D eigenvalue weighted by Crippen LogP contribution is -2.19. The van der Waals surface area contributed by atoms with Gasteiger partial charge in [-0.05, 0) is 0 Å². The molecular weight excluding hydrogens is 154 g/mol. The zero-order valence-electron chi connectivity index (χ0n) is 5.38. The summed E-state index contributed by atoms with van der Waals surface area (Å²) in [4.78, 5) is 29.6. The molecule has 1 atom stereocenters. The van der Waals surface area contributed by atoms with E-state index in [1.165, 1.54) is 0 Å². The molecule has 0 rings (SSSR count). The highest BCUT2D eigenvalue weighted by Crippen LogP contribution is 1.95. The Morgan fingerprint density at radius 2 is 2.09 bits per heavy atom. The van der Waals surface area contributed by atoms with E-state index in [1.54, 1.807) is 0 Å². The quantitative estimate of drug-likeness (QED) is 0.262. The molecule has 0 aromatic heterocycles. The van der Waals surface area contributed by atoms with Crippen LogP contribution in [0.3, 0.4) is 0 Å². The normalized spacial score (nSPS) is 12.7. The van der Waals surface area contributed by atoms with E-state index in [1.807, 2.05) is 5.18 Å². The molecule has 0 saturated heterocycles. The number of nitroso groups, excluding NO2 is 2. The molecule has 0 radical (unpaired) electrons. The standard InChI is InChI=1S/C3H5N5O3/c4-8-6-2(1-5-10)3(9)7-11/h2H,1H2,(H2,4,6)/t2-/m0/s1. The summed E-state index contributed by atoms with van der Waals surface area (Å²) in [6, 6.07) is -1.27. The lowest BCUT2D eigenvalue weighted by Gasteiger charge is -1.95. The van der Waals surface area contributed by atoms with Gasteiger partial charge in [-0.25, -0.2) is 0 Å². The first-order valence-corrected chi connectivity index (χ1v) is 2.52. The maximum Gasteiger partial charge on any atom is 0.314 e. The SMILES string of the molecule is NN=N[C@@H](CN=O)C(=O)N=O. The molecule has 0 aromatic carbocycles. The van der Waals surface area contributed by atoms with Gasteiger partial charge in [0.05, 0.1) is 0 Å². The molecule has 0 aliphatic heterocycles. The Morgan fingerprint density at radius 1 is 1.45 bits per heavy atom. The number of hydrogen-bond acceptors (Lipinski definition) is 6. The Bertz CT molecular complexity index is 189. The molecule has 8 heteroatoms. The van der Waals surface area contributed by atoms with Crippen LogP contribution in [0.4, 0.5) is 0 Å². The van der Waals surface area contributed by atoms with Gasteiger partial charge in [0.25, 0.3) is 0 Å². The number of nitrogens with zero attached hydrogens (tertiary/aromatic N) is 4. The van der Waals surface area contributed by atoms with E-state index in [0.717, 1.165) is 0 Å². The largest absolute Gasteiger partial charge is 0.314 e. The third kappa shape index (κ3) is 3.08. The van der Waals surface area contributed by atoms with Crippen molar-refractivity contribution in [1.29, 1.82) is 0 Å². The van der Waals surface area contributed by atoms with Crippen molar-refractivity contribution in [2.75, 3.05) is 6.54 Å². The molecule has 60 valence electrons. The Hall–Kier alpha value is -1.73. The van der Waals surface area contributed by atoms with Gasteiger partial charge in [-0.1, -0.05) is 10.4 Å². The third-order valence-corrected chi connectivity index (χ3v) is 0.829. The Balaban J connectivity index is 4.18. The van der Waals surface area contributed by atoms with Crippen LogP contribution in [0.1, 0.15) is 0 Å². The highest BCUT2D eigenvalue weighted by atomic mass is 16.3. The summed E-state index contributed by atoms with van der Waals surface area (Å²) in [5, 5.41) is 10.2. The second kappa shape index (κ2) is 5.09. The highest BCUT2D eigenvalue weighted by Gasteiger charge is 2.18. The van der Waals surface area contributed by atoms with Gasteiger partial charge in [0.1, 0.15) is 6.54 Å². The van der Waals surface area contributed by atoms with Crippen LogP contribution in [0, 0.1) is 9.81 Å². The van der Waals surface area contributed by atoms with E-state index < -0.39 is 18.5 Å². The average molecular weight is 159 g/mol. The second-order valence-corrected chi connectivity index (χ2v) is 1.49. The van der Waals surface area contributed by atoms with Gasteiger partial charge >= 0.3 is 5.91 Å². The number of amides is 1. The fraction of sp³-hybridized carbons (Fsp3) is 0.667. The van der Waals surface area contributed by atoms with E-state index in [0.29, 0.717) is 0 Å². The Morgan fingerprint density at radius 3 is 2.45 bits per heavy atom. The van der Waals surface area contributed by atoms with Crippen LogP contribution >= 0.6 is 0 Å². The summed E-state index contributed by atoms with van der Waals surface area (Å²) in [6.45, 7) is -0.481. The molecule has 0 bridgehead atoms. The molecule has 2 N–H and O–H groups in total. The van der Waals surface area contributed by atoms with Crippen molar-refractivity contribution in [3.05, 3.63) is 9.81 Å². The molecule has 0 saturated carbocycles. The molecule has 0 aliphatic rings. The second-order valence-electron chi connectivity index (χ2n) is 1.49. The van der Waals surface area contributed by atoms with Crippen LogP contribution in [0.5, 0.6) is 0 Å². The molecule has 0 fully saturated rings. The van der Waals surface area contributed by atoms with Crippen molar-refractivity contribution in [1.82, 2.24) is 0 Å². The number of rotatable bonds is 4. The third-order valence-electron chi connectivity index (χ3n) is 0.829. The topological polar surface area (TPSA) is 127 Å². The summed E-state index contributed by atoms with van der Waals surface area (Å²) in [6.07, 6.45) is 0. The van der Waals surface area contributed by atoms with Crippen LogP contribution < -0.4 is 5.84 Å². The Labute approximate surface area is 60.8 Å². The summed E-state index contributed by atoms with van der Waals surface area (Å²) < 4.78 is 0. The molecule has 0 aliphatic carbocycles. The van der Waals surface area contributed by atoms with E-state index in [-0.39, 0.29) is 0 Å². The van der Waals surface area contributed by atoms with Gasteiger partial charge in [-0.15, -0.1) is 4.91 Å². The maximum absolute atomic E-state index is 10.4. The fourth-order valence-corrected chi connectivity index (χ4v) is 0.376. The number of carbonyl (C=O) groups is 1. The summed E-state index contributed by atoms with van der Waals surface area (Å²) in [5.74, 6) is 3.46. The first-order valence-electron chi connectivity index (χ1n) is 2.52. The van der Waals surface area contributed by atoms with Crippen molar-refractivity contribution >= 4 is 5.91 Å². The van der Waals surface area contributed by atoms with E-state index in [4.69, 9.17) is 0 Å². The molecular formula is C3H5N5O3. The summed E-state index contributed by atoms with van der Waals surface area (Å²) >= 11 is 0. The number of hydrogen-bond donors (Lipinski definition) is 1. The van der Waals surface area contributed by atoms with Crippen molar-refractivity contribution in [3.8, 4) is 0 Å². The monoisotopic (exact) mass is 159 g/mol. The molecule has 0 aromatic rings. The Kier molecular flexibility index (Phi) is 4.29. The number of nitrogens with two attached hydrogens (primary N) is 1. The van der Waals surface area contributed by atoms with Gasteiger partial charge in [-0.3, -0.25) is 4.79 Å². The van der Waals surface area contributed by atoms with Gasteiger partial charge in [0.2, 0.25) is 0 Å². The molecule has 8 nitrogen and oxygen atoms in total. The van der Waals surface area contributed by atoms with Crippen LogP contribution in [-0.4, -0.2) is 18.5 Å². The zero-order valence-corrected chi connectivity index (χ0v) is 5.38. The molecule has 0 spiro atoms. The first kappa shape index (κ1) is 9.27. The predicted molar refractivity (Wildman–Crippen MR) is 34.3 cm³/mol. The van der Waals surface area contributed by atoms with Crippen LogP contribution in [0.15, 0.2) is 20.7 Å². The van der Waals surface area contributed by atoms with Gasteiger partial charge in [0, 0.05) is 5.18 Å². The molecule has 0 heterocycles. The lowest BCUT2D eigenvalue weighted by atomic mass is 10.3. The van der Waals surface area contributed by atoms with E-state index >= 15 is 0 Å². The molecule has 11 heavy (non-hydrogen) atoms. The van der Waals surface area contributed by atoms with Crippen molar-refractivity contribution in [2.24, 2.45) is 26.5 Å². The van der Waals surface area contributed by atoms with Crippen molar-refractivity contribution in [3.63, 3.8) is 0 Å². The predicted octanol–water partition coefficient (Wildman–Crippen LogP) is -0.260. The van der Waals surface area contributed by atoms with Gasteiger partial charge in [-0.2, -0.15) is 10.0 Å². The zero-order chi connectivity index (χ0) is 8.69. The summed E-state index contributed by atoms with van der Waals surface area (Å²) in [7, 11) is 0. The molecule has 1 amide bonds. The number of carbonyl (C=O) groups excluding carboxylic acids is 1. The summed E-state index contributed by atoms with van der Waals surface area (Å²) in [5.41, 5.74) is 0. The van der Waals surface area contributed by atoms with Crippen LogP contribution in [0.25, 0.3) is 0 Å². The van der Waals surface area contributed by atoms with E-state index in [2.05, 4.69) is 21.4 Å². The minimum atomic E-state index is -1.27. The smallest absolute Gasteiger partial charge is 0.305 e. The van der Waals surface area contributed by atoms with Crippen LogP contribution in [0.2, 0.25) is 0 Å². The van der Waals surface area contributed by atoms with Crippen molar-refractivity contribution < 1.29 is 4.79 Å². The van der Waals surface area contributed by atoms with Crippen LogP contribution in [-0.2, 0) is 4.79 Å². The fourth-order valence-electron chi connectivity index (χ4n) is 0.376. The van der Waals surface area contributed by atoms with E-state index in [9.17, 15) is 14.6 Å². The molecule has 0 unspecified atom stereocenters. The maximum atomic E-state index is 10.4. The lowest BCUT2D eigenvalue weighted by molar-refractivity contribution is -0.119.